The standard InChI is InChI=1S/C10H14BrNO2S/c11-10-2-1-9(14-10)7-12-8-3-5-15(13)6-4-8/h1-2,8,12H,3-7H2. The van der Waals surface area contributed by atoms with Crippen molar-refractivity contribution >= 4 is 26.7 Å². The molecule has 0 aromatic carbocycles. The summed E-state index contributed by atoms with van der Waals surface area (Å²) in [5, 5.41) is 3.42. The number of nitrogens with one attached hydrogen (secondary N) is 1. The molecule has 0 unspecified atom stereocenters. The second-order valence-electron chi connectivity index (χ2n) is 3.71. The first-order valence-corrected chi connectivity index (χ1v) is 7.35. The van der Waals surface area contributed by atoms with Crippen molar-refractivity contribution in [1.29, 1.82) is 0 Å². The first-order valence-electron chi connectivity index (χ1n) is 5.06. The zero-order valence-electron chi connectivity index (χ0n) is 8.37. The maximum absolute atomic E-state index is 11.1. The molecule has 0 spiro atoms. The minimum atomic E-state index is -0.576. The summed E-state index contributed by atoms with van der Waals surface area (Å²) in [5.41, 5.74) is 0. The van der Waals surface area contributed by atoms with Crippen LogP contribution in [0.25, 0.3) is 0 Å². The fraction of sp³-hybridized carbons (Fsp3) is 0.600. The maximum atomic E-state index is 11.1. The molecule has 2 rings (SSSR count). The van der Waals surface area contributed by atoms with Crippen LogP contribution in [0.5, 0.6) is 0 Å². The average molecular weight is 292 g/mol. The highest BCUT2D eigenvalue weighted by atomic mass is 79.9. The molecule has 5 heteroatoms. The first kappa shape index (κ1) is 11.4. The van der Waals surface area contributed by atoms with E-state index in [2.05, 4.69) is 21.2 Å². The van der Waals surface area contributed by atoms with E-state index in [0.29, 0.717) is 6.04 Å². The monoisotopic (exact) mass is 291 g/mol. The van der Waals surface area contributed by atoms with Crippen LogP contribution >= 0.6 is 15.9 Å². The Labute approximate surface area is 100 Å². The molecule has 1 N–H and O–H groups in total. The van der Waals surface area contributed by atoms with Crippen LogP contribution in [0.2, 0.25) is 0 Å². The Morgan fingerprint density at radius 2 is 2.20 bits per heavy atom. The van der Waals surface area contributed by atoms with Gasteiger partial charge in [0, 0.05) is 28.3 Å². The predicted molar refractivity (Wildman–Crippen MR) is 64.1 cm³/mol. The van der Waals surface area contributed by atoms with Crippen molar-refractivity contribution in [3.05, 3.63) is 22.6 Å². The summed E-state index contributed by atoms with van der Waals surface area (Å²) in [6.07, 6.45) is 2.02. The fourth-order valence-electron chi connectivity index (χ4n) is 1.69. The Hall–Kier alpha value is -0.130. The van der Waals surface area contributed by atoms with Gasteiger partial charge in [0.2, 0.25) is 0 Å². The van der Waals surface area contributed by atoms with E-state index in [1.54, 1.807) is 0 Å². The summed E-state index contributed by atoms with van der Waals surface area (Å²) < 4.78 is 17.3. The van der Waals surface area contributed by atoms with Crippen LogP contribution < -0.4 is 5.32 Å². The quantitative estimate of drug-likeness (QED) is 0.927. The molecular formula is C10H14BrNO2S. The molecule has 15 heavy (non-hydrogen) atoms. The zero-order valence-corrected chi connectivity index (χ0v) is 10.8. The van der Waals surface area contributed by atoms with E-state index < -0.39 is 10.8 Å². The van der Waals surface area contributed by atoms with Crippen molar-refractivity contribution in [2.45, 2.75) is 25.4 Å². The maximum Gasteiger partial charge on any atom is 0.169 e. The Bertz CT molecular complexity index is 343. The molecule has 1 aromatic rings. The van der Waals surface area contributed by atoms with E-state index in [9.17, 15) is 4.21 Å². The van der Waals surface area contributed by atoms with Gasteiger partial charge in [-0.15, -0.1) is 0 Å². The molecule has 2 heterocycles. The van der Waals surface area contributed by atoms with Gasteiger partial charge in [-0.1, -0.05) is 0 Å². The summed E-state index contributed by atoms with van der Waals surface area (Å²) in [7, 11) is -0.576. The molecule has 1 aliphatic heterocycles. The van der Waals surface area contributed by atoms with Crippen molar-refractivity contribution in [3.63, 3.8) is 0 Å². The van der Waals surface area contributed by atoms with Crippen LogP contribution in [-0.2, 0) is 17.3 Å². The van der Waals surface area contributed by atoms with Crippen molar-refractivity contribution in [2.75, 3.05) is 11.5 Å². The van der Waals surface area contributed by atoms with Gasteiger partial charge in [0.15, 0.2) is 4.67 Å². The minimum absolute atomic E-state index is 0.492. The Morgan fingerprint density at radius 1 is 1.47 bits per heavy atom. The van der Waals surface area contributed by atoms with E-state index in [-0.39, 0.29) is 0 Å². The van der Waals surface area contributed by atoms with Crippen LogP contribution in [0.3, 0.4) is 0 Å². The fourth-order valence-corrected chi connectivity index (χ4v) is 3.33. The van der Waals surface area contributed by atoms with Gasteiger partial charge in [-0.25, -0.2) is 0 Å². The predicted octanol–water partition coefficient (Wildman–Crippen LogP) is 2.04. The highest BCUT2D eigenvalue weighted by Crippen LogP contribution is 2.15. The van der Waals surface area contributed by atoms with Crippen LogP contribution in [0.1, 0.15) is 18.6 Å². The number of hydrogen-bond donors (Lipinski definition) is 1. The van der Waals surface area contributed by atoms with Gasteiger partial charge in [0.25, 0.3) is 0 Å². The van der Waals surface area contributed by atoms with Gasteiger partial charge in [0.1, 0.15) is 5.76 Å². The molecule has 0 aliphatic carbocycles. The zero-order chi connectivity index (χ0) is 10.7. The van der Waals surface area contributed by atoms with E-state index in [0.717, 1.165) is 41.3 Å². The van der Waals surface area contributed by atoms with Crippen molar-refractivity contribution < 1.29 is 8.63 Å². The van der Waals surface area contributed by atoms with Gasteiger partial charge >= 0.3 is 0 Å². The third kappa shape index (κ3) is 3.43. The summed E-state index contributed by atoms with van der Waals surface area (Å²) in [4.78, 5) is 0. The second kappa shape index (κ2) is 5.27. The van der Waals surface area contributed by atoms with Crippen LogP contribution in [-0.4, -0.2) is 21.8 Å². The Balaban J connectivity index is 1.76. The van der Waals surface area contributed by atoms with Crippen molar-refractivity contribution in [3.8, 4) is 0 Å². The summed E-state index contributed by atoms with van der Waals surface area (Å²) in [6.45, 7) is 0.753. The first-order chi connectivity index (χ1) is 7.24. The summed E-state index contributed by atoms with van der Waals surface area (Å²) in [6, 6.07) is 4.34. The van der Waals surface area contributed by atoms with Gasteiger partial charge in [-0.05, 0) is 40.9 Å². The van der Waals surface area contributed by atoms with E-state index in [1.807, 2.05) is 12.1 Å². The van der Waals surface area contributed by atoms with Gasteiger partial charge in [0.05, 0.1) is 6.54 Å². The van der Waals surface area contributed by atoms with Gasteiger partial charge < -0.3 is 9.73 Å². The van der Waals surface area contributed by atoms with Crippen LogP contribution in [0.15, 0.2) is 21.2 Å². The third-order valence-corrected chi connectivity index (χ3v) is 4.39. The second-order valence-corrected chi connectivity index (χ2v) is 6.19. The topological polar surface area (TPSA) is 42.2 Å². The Kier molecular flexibility index (Phi) is 3.99. The van der Waals surface area contributed by atoms with Crippen LogP contribution in [0, 0.1) is 0 Å². The summed E-state index contributed by atoms with van der Waals surface area (Å²) in [5.74, 6) is 2.60. The number of rotatable bonds is 3. The van der Waals surface area contributed by atoms with Gasteiger partial charge in [-0.3, -0.25) is 4.21 Å². The molecule has 0 radical (unpaired) electrons. The molecule has 1 aliphatic rings. The smallest absolute Gasteiger partial charge is 0.169 e. The molecule has 0 amide bonds. The molecule has 1 saturated heterocycles. The number of furan rings is 1. The highest BCUT2D eigenvalue weighted by molar-refractivity contribution is 9.10. The lowest BCUT2D eigenvalue weighted by molar-refractivity contribution is 0.418. The molecule has 0 bridgehead atoms. The lowest BCUT2D eigenvalue weighted by atomic mass is 10.1. The SMILES string of the molecule is O=S1CCC(NCc2ccc(Br)o2)CC1. The number of halogens is 1. The number of hydrogen-bond acceptors (Lipinski definition) is 3. The van der Waals surface area contributed by atoms with Gasteiger partial charge in [-0.2, -0.15) is 0 Å². The molecule has 84 valence electrons. The molecule has 1 aromatic heterocycles. The lowest BCUT2D eigenvalue weighted by Crippen LogP contribution is -2.35. The molecule has 1 fully saturated rings. The minimum Gasteiger partial charge on any atom is -0.453 e. The normalized spacial score (nSPS) is 26.7. The summed E-state index contributed by atoms with van der Waals surface area (Å²) >= 11 is 3.27. The van der Waals surface area contributed by atoms with E-state index in [1.165, 1.54) is 0 Å². The Morgan fingerprint density at radius 3 is 2.80 bits per heavy atom. The molecule has 3 nitrogen and oxygen atoms in total. The largest absolute Gasteiger partial charge is 0.453 e. The van der Waals surface area contributed by atoms with Crippen molar-refractivity contribution in [1.82, 2.24) is 5.32 Å². The molecular weight excluding hydrogens is 278 g/mol. The van der Waals surface area contributed by atoms with Crippen LogP contribution in [0.4, 0.5) is 0 Å². The lowest BCUT2D eigenvalue weighted by Gasteiger charge is -2.21. The van der Waals surface area contributed by atoms with Crippen molar-refractivity contribution in [2.24, 2.45) is 0 Å². The molecule has 0 atom stereocenters. The highest BCUT2D eigenvalue weighted by Gasteiger charge is 2.17. The van der Waals surface area contributed by atoms with E-state index >= 15 is 0 Å². The average Bonchev–Trinajstić information content (AvgIpc) is 2.64. The third-order valence-electron chi connectivity index (χ3n) is 2.58. The molecule has 0 saturated carbocycles. The van der Waals surface area contributed by atoms with E-state index in [4.69, 9.17) is 4.42 Å².